The van der Waals surface area contributed by atoms with Gasteiger partial charge in [-0.25, -0.2) is 4.68 Å². The molecule has 5 heteroatoms. The van der Waals surface area contributed by atoms with Gasteiger partial charge in [0.05, 0.1) is 24.8 Å². The van der Waals surface area contributed by atoms with E-state index in [0.717, 1.165) is 11.3 Å². The number of furan rings is 1. The predicted molar refractivity (Wildman–Crippen MR) is 49.3 cm³/mol. The minimum atomic E-state index is -0.111. The lowest BCUT2D eigenvalue weighted by Gasteiger charge is -2.01. The predicted octanol–water partition coefficient (Wildman–Crippen LogP) is 1.05. The molecule has 0 radical (unpaired) electrons. The lowest BCUT2D eigenvalue weighted by molar-refractivity contribution is 0.277. The zero-order valence-electron chi connectivity index (χ0n) is 7.84. The molecule has 0 amide bonds. The van der Waals surface area contributed by atoms with E-state index in [2.05, 4.69) is 10.3 Å². The Balaban J connectivity index is 2.54. The molecule has 0 aliphatic rings. The van der Waals surface area contributed by atoms with E-state index in [0.29, 0.717) is 12.2 Å². The fourth-order valence-corrected chi connectivity index (χ4v) is 1.39. The van der Waals surface area contributed by atoms with Crippen LogP contribution in [-0.4, -0.2) is 20.1 Å². The van der Waals surface area contributed by atoms with Crippen LogP contribution < -0.4 is 0 Å². The number of aromatic nitrogens is 3. The summed E-state index contributed by atoms with van der Waals surface area (Å²) in [5.41, 5.74) is 2.29. The molecule has 14 heavy (non-hydrogen) atoms. The van der Waals surface area contributed by atoms with Gasteiger partial charge in [-0.2, -0.15) is 0 Å². The normalized spacial score (nSPS) is 10.7. The van der Waals surface area contributed by atoms with Crippen LogP contribution >= 0.6 is 0 Å². The molecule has 2 rings (SSSR count). The first-order valence-corrected chi connectivity index (χ1v) is 4.42. The molecule has 0 fully saturated rings. The molecule has 0 aromatic carbocycles. The Bertz CT molecular complexity index is 384. The number of nitrogens with zero attached hydrogens (tertiary/aromatic N) is 3. The maximum Gasteiger partial charge on any atom is 0.116 e. The number of hydrogen-bond acceptors (Lipinski definition) is 4. The van der Waals surface area contributed by atoms with Crippen molar-refractivity contribution in [2.75, 3.05) is 0 Å². The summed E-state index contributed by atoms with van der Waals surface area (Å²) in [5.74, 6) is 0. The van der Waals surface area contributed by atoms with E-state index in [9.17, 15) is 0 Å². The van der Waals surface area contributed by atoms with Gasteiger partial charge in [0.2, 0.25) is 0 Å². The molecule has 0 saturated heterocycles. The van der Waals surface area contributed by atoms with Gasteiger partial charge < -0.3 is 9.52 Å². The third-order valence-electron chi connectivity index (χ3n) is 2.05. The van der Waals surface area contributed by atoms with Crippen molar-refractivity contribution in [2.45, 2.75) is 20.1 Å². The van der Waals surface area contributed by atoms with Crippen molar-refractivity contribution in [2.24, 2.45) is 0 Å². The van der Waals surface area contributed by atoms with Crippen LogP contribution in [0.5, 0.6) is 0 Å². The molecule has 0 bridgehead atoms. The van der Waals surface area contributed by atoms with Gasteiger partial charge in [-0.3, -0.25) is 0 Å². The first-order valence-electron chi connectivity index (χ1n) is 4.42. The molecular weight excluding hydrogens is 182 g/mol. The molecule has 0 saturated carbocycles. The second-order valence-electron chi connectivity index (χ2n) is 2.87. The summed E-state index contributed by atoms with van der Waals surface area (Å²) in [7, 11) is 0. The monoisotopic (exact) mass is 193 g/mol. The van der Waals surface area contributed by atoms with Crippen LogP contribution in [-0.2, 0) is 13.2 Å². The van der Waals surface area contributed by atoms with Crippen molar-refractivity contribution in [3.63, 3.8) is 0 Å². The molecule has 1 N–H and O–H groups in total. The van der Waals surface area contributed by atoms with Gasteiger partial charge in [-0.1, -0.05) is 5.21 Å². The summed E-state index contributed by atoms with van der Waals surface area (Å²) >= 11 is 0. The fraction of sp³-hybridized carbons (Fsp3) is 0.333. The summed E-state index contributed by atoms with van der Waals surface area (Å²) in [6.45, 7) is 2.58. The highest BCUT2D eigenvalue weighted by Crippen LogP contribution is 2.22. The molecular formula is C9H11N3O2. The van der Waals surface area contributed by atoms with Gasteiger partial charge in [0.1, 0.15) is 5.69 Å². The molecule has 0 atom stereocenters. The number of aliphatic hydroxyl groups is 1. The van der Waals surface area contributed by atoms with Gasteiger partial charge in [0.15, 0.2) is 0 Å². The Morgan fingerprint density at radius 1 is 1.57 bits per heavy atom. The van der Waals surface area contributed by atoms with Crippen molar-refractivity contribution in [3.05, 3.63) is 24.3 Å². The molecule has 5 nitrogen and oxygen atoms in total. The molecule has 0 unspecified atom stereocenters. The van der Waals surface area contributed by atoms with E-state index in [4.69, 9.17) is 9.52 Å². The van der Waals surface area contributed by atoms with Crippen LogP contribution in [0.1, 0.15) is 12.6 Å². The molecule has 2 aromatic heterocycles. The molecule has 74 valence electrons. The summed E-state index contributed by atoms with van der Waals surface area (Å²) in [6.07, 6.45) is 3.20. The standard InChI is InChI=1S/C9H11N3O2/c1-2-12-9(7-3-4-14-6-7)8(5-13)10-11-12/h3-4,6,13H,2,5H2,1H3. The van der Waals surface area contributed by atoms with E-state index >= 15 is 0 Å². The van der Waals surface area contributed by atoms with E-state index in [-0.39, 0.29) is 6.61 Å². The smallest absolute Gasteiger partial charge is 0.116 e. The maximum absolute atomic E-state index is 9.08. The summed E-state index contributed by atoms with van der Waals surface area (Å²) < 4.78 is 6.72. The first kappa shape index (κ1) is 8.96. The Morgan fingerprint density at radius 2 is 2.43 bits per heavy atom. The van der Waals surface area contributed by atoms with Gasteiger partial charge in [0, 0.05) is 12.1 Å². The molecule has 2 aromatic rings. The highest BCUT2D eigenvalue weighted by Gasteiger charge is 2.13. The van der Waals surface area contributed by atoms with Crippen LogP contribution in [0.2, 0.25) is 0 Å². The second kappa shape index (κ2) is 3.63. The summed E-state index contributed by atoms with van der Waals surface area (Å²) in [5, 5.41) is 16.9. The van der Waals surface area contributed by atoms with Gasteiger partial charge in [0.25, 0.3) is 0 Å². The average molecular weight is 193 g/mol. The van der Waals surface area contributed by atoms with E-state index in [1.807, 2.05) is 13.0 Å². The second-order valence-corrected chi connectivity index (χ2v) is 2.87. The first-order chi connectivity index (χ1) is 6.86. The molecule has 0 aliphatic carbocycles. The van der Waals surface area contributed by atoms with Gasteiger partial charge in [-0.15, -0.1) is 5.10 Å². The third kappa shape index (κ3) is 1.31. The van der Waals surface area contributed by atoms with Crippen LogP contribution in [0.3, 0.4) is 0 Å². The lowest BCUT2D eigenvalue weighted by atomic mass is 10.2. The van der Waals surface area contributed by atoms with Crippen molar-refractivity contribution in [1.29, 1.82) is 0 Å². The SMILES string of the molecule is CCn1nnc(CO)c1-c1ccoc1. The van der Waals surface area contributed by atoms with Crippen LogP contribution in [0, 0.1) is 0 Å². The van der Waals surface area contributed by atoms with Gasteiger partial charge in [-0.05, 0) is 13.0 Å². The topological polar surface area (TPSA) is 64.1 Å². The zero-order valence-corrected chi connectivity index (χ0v) is 7.84. The largest absolute Gasteiger partial charge is 0.472 e. The quantitative estimate of drug-likeness (QED) is 0.791. The fourth-order valence-electron chi connectivity index (χ4n) is 1.39. The van der Waals surface area contributed by atoms with Crippen LogP contribution in [0.4, 0.5) is 0 Å². The molecule has 2 heterocycles. The van der Waals surface area contributed by atoms with Crippen LogP contribution in [0.25, 0.3) is 11.3 Å². The number of hydrogen-bond donors (Lipinski definition) is 1. The lowest BCUT2D eigenvalue weighted by Crippen LogP contribution is -1.99. The van der Waals surface area contributed by atoms with Crippen LogP contribution in [0.15, 0.2) is 23.0 Å². The number of aliphatic hydroxyl groups excluding tert-OH is 1. The van der Waals surface area contributed by atoms with Crippen molar-refractivity contribution in [1.82, 2.24) is 15.0 Å². The molecule has 0 aliphatic heterocycles. The van der Waals surface area contributed by atoms with Crippen molar-refractivity contribution < 1.29 is 9.52 Å². The Hall–Kier alpha value is -1.62. The molecule has 0 spiro atoms. The van der Waals surface area contributed by atoms with Crippen molar-refractivity contribution >= 4 is 0 Å². The highest BCUT2D eigenvalue weighted by atomic mass is 16.3. The van der Waals surface area contributed by atoms with Gasteiger partial charge >= 0.3 is 0 Å². The highest BCUT2D eigenvalue weighted by molar-refractivity contribution is 5.60. The van der Waals surface area contributed by atoms with E-state index in [1.165, 1.54) is 0 Å². The minimum Gasteiger partial charge on any atom is -0.472 e. The number of aryl methyl sites for hydroxylation is 1. The summed E-state index contributed by atoms with van der Waals surface area (Å²) in [6, 6.07) is 1.82. The number of rotatable bonds is 3. The average Bonchev–Trinajstić information content (AvgIpc) is 2.85. The minimum absolute atomic E-state index is 0.111. The summed E-state index contributed by atoms with van der Waals surface area (Å²) in [4.78, 5) is 0. The maximum atomic E-state index is 9.08. The third-order valence-corrected chi connectivity index (χ3v) is 2.05. The van der Waals surface area contributed by atoms with E-state index in [1.54, 1.807) is 17.2 Å². The zero-order chi connectivity index (χ0) is 9.97. The Labute approximate surface area is 81.0 Å². The van der Waals surface area contributed by atoms with E-state index < -0.39 is 0 Å². The Morgan fingerprint density at radius 3 is 3.00 bits per heavy atom. The van der Waals surface area contributed by atoms with Crippen molar-refractivity contribution in [3.8, 4) is 11.3 Å². The Kier molecular flexibility index (Phi) is 2.32.